The molecule has 19 heavy (non-hydrogen) atoms. The van der Waals surface area contributed by atoms with Crippen molar-refractivity contribution in [2.75, 3.05) is 0 Å². The molecule has 0 spiro atoms. The van der Waals surface area contributed by atoms with E-state index in [2.05, 4.69) is 4.72 Å². The van der Waals surface area contributed by atoms with Gasteiger partial charge in [0, 0.05) is 11.4 Å². The van der Waals surface area contributed by atoms with E-state index in [0.717, 1.165) is 10.4 Å². The number of hydrogen-bond acceptors (Lipinski definition) is 5. The van der Waals surface area contributed by atoms with Crippen molar-refractivity contribution in [1.29, 1.82) is 0 Å². The molecule has 3 N–H and O–H groups in total. The van der Waals surface area contributed by atoms with Gasteiger partial charge in [0.1, 0.15) is 4.21 Å². The molecule has 0 aromatic carbocycles. The number of thiophene rings is 2. The molecule has 0 fully saturated rings. The molecule has 2 aromatic rings. The van der Waals surface area contributed by atoms with Crippen molar-refractivity contribution < 1.29 is 8.42 Å². The van der Waals surface area contributed by atoms with E-state index in [-0.39, 0.29) is 10.3 Å². The number of halogens is 1. The van der Waals surface area contributed by atoms with Gasteiger partial charge in [-0.15, -0.1) is 22.7 Å². The second-order valence-corrected chi connectivity index (χ2v) is 8.56. The summed E-state index contributed by atoms with van der Waals surface area (Å²) >= 11 is 8.38. The lowest BCUT2D eigenvalue weighted by Gasteiger charge is -2.11. The lowest BCUT2D eigenvalue weighted by atomic mass is 10.3. The maximum absolute atomic E-state index is 12.2. The van der Waals surface area contributed by atoms with Crippen LogP contribution >= 0.6 is 34.3 Å². The number of hydrogen-bond donors (Lipinski definition) is 2. The van der Waals surface area contributed by atoms with Gasteiger partial charge in [0.2, 0.25) is 0 Å². The second-order valence-electron chi connectivity index (χ2n) is 3.96. The summed E-state index contributed by atoms with van der Waals surface area (Å²) in [6.07, 6.45) is 0. The van der Waals surface area contributed by atoms with Crippen LogP contribution in [0.4, 0.5) is 0 Å². The fraction of sp³-hybridized carbons (Fsp3) is 0.273. The van der Waals surface area contributed by atoms with Crippen LogP contribution in [0, 0.1) is 0 Å². The van der Waals surface area contributed by atoms with Gasteiger partial charge in [0.15, 0.2) is 0 Å². The van der Waals surface area contributed by atoms with E-state index in [9.17, 15) is 8.42 Å². The van der Waals surface area contributed by atoms with E-state index in [0.29, 0.717) is 10.9 Å². The Hall–Kier alpha value is -0.440. The topological polar surface area (TPSA) is 72.2 Å². The molecule has 0 bridgehead atoms. The van der Waals surface area contributed by atoms with Crippen molar-refractivity contribution in [2.24, 2.45) is 5.73 Å². The highest BCUT2D eigenvalue weighted by atomic mass is 35.5. The molecule has 2 aromatic heterocycles. The zero-order valence-corrected chi connectivity index (χ0v) is 13.3. The summed E-state index contributed by atoms with van der Waals surface area (Å²) in [7, 11) is -3.51. The van der Waals surface area contributed by atoms with Crippen LogP contribution in [-0.2, 0) is 16.6 Å². The Labute approximate surface area is 125 Å². The quantitative estimate of drug-likeness (QED) is 0.881. The van der Waals surface area contributed by atoms with Crippen LogP contribution in [-0.4, -0.2) is 8.42 Å². The van der Waals surface area contributed by atoms with Crippen LogP contribution in [0.1, 0.15) is 23.4 Å². The standard InChI is InChI=1S/C11H13ClN2O2S3/c1-7(9-2-3-10(12)18-9)14-19(15,16)11-4-8(5-13)6-17-11/h2-4,6-7,14H,5,13H2,1H3. The van der Waals surface area contributed by atoms with Crippen molar-refractivity contribution >= 4 is 44.3 Å². The average molecular weight is 337 g/mol. The van der Waals surface area contributed by atoms with Crippen molar-refractivity contribution in [3.8, 4) is 0 Å². The lowest BCUT2D eigenvalue weighted by Crippen LogP contribution is -2.25. The summed E-state index contributed by atoms with van der Waals surface area (Å²) in [6.45, 7) is 2.12. The highest BCUT2D eigenvalue weighted by Crippen LogP contribution is 2.28. The third kappa shape index (κ3) is 3.56. The molecule has 2 rings (SSSR count). The minimum Gasteiger partial charge on any atom is -0.326 e. The Morgan fingerprint density at radius 3 is 2.74 bits per heavy atom. The van der Waals surface area contributed by atoms with Crippen molar-refractivity contribution in [1.82, 2.24) is 4.72 Å². The molecule has 4 nitrogen and oxygen atoms in total. The summed E-state index contributed by atoms with van der Waals surface area (Å²) < 4.78 is 27.9. The lowest BCUT2D eigenvalue weighted by molar-refractivity contribution is 0.570. The molecule has 104 valence electrons. The molecule has 1 unspecified atom stereocenters. The van der Waals surface area contributed by atoms with Gasteiger partial charge in [-0.05, 0) is 36.1 Å². The first-order valence-electron chi connectivity index (χ1n) is 5.47. The summed E-state index contributed by atoms with van der Waals surface area (Å²) in [5.41, 5.74) is 6.30. The van der Waals surface area contributed by atoms with Gasteiger partial charge in [-0.1, -0.05) is 11.6 Å². The first kappa shape index (κ1) is 15.0. The number of rotatable bonds is 5. The maximum Gasteiger partial charge on any atom is 0.250 e. The first-order valence-corrected chi connectivity index (χ1v) is 9.03. The average Bonchev–Trinajstić information content (AvgIpc) is 2.96. The molecule has 0 saturated carbocycles. The normalized spacial score (nSPS) is 13.6. The van der Waals surface area contributed by atoms with Crippen LogP contribution in [0.25, 0.3) is 0 Å². The van der Waals surface area contributed by atoms with Gasteiger partial charge in [-0.3, -0.25) is 0 Å². The smallest absolute Gasteiger partial charge is 0.250 e. The van der Waals surface area contributed by atoms with E-state index in [1.54, 1.807) is 24.4 Å². The summed E-state index contributed by atoms with van der Waals surface area (Å²) in [5, 5.41) is 1.75. The number of nitrogens with one attached hydrogen (secondary N) is 1. The molecule has 2 heterocycles. The van der Waals surface area contributed by atoms with Gasteiger partial charge in [-0.2, -0.15) is 0 Å². The molecule has 0 saturated heterocycles. The van der Waals surface area contributed by atoms with Crippen LogP contribution in [0.3, 0.4) is 0 Å². The van der Waals surface area contributed by atoms with Gasteiger partial charge in [-0.25, -0.2) is 13.1 Å². The van der Waals surface area contributed by atoms with Crippen LogP contribution < -0.4 is 10.5 Å². The second kappa shape index (κ2) is 5.90. The monoisotopic (exact) mass is 336 g/mol. The predicted molar refractivity (Wildman–Crippen MR) is 80.3 cm³/mol. The highest BCUT2D eigenvalue weighted by Gasteiger charge is 2.21. The molecule has 0 amide bonds. The number of nitrogens with two attached hydrogens (primary N) is 1. The first-order chi connectivity index (χ1) is 8.92. The van der Waals surface area contributed by atoms with E-state index in [1.807, 2.05) is 6.07 Å². The Morgan fingerprint density at radius 2 is 2.21 bits per heavy atom. The molecule has 8 heteroatoms. The van der Waals surface area contributed by atoms with Gasteiger partial charge < -0.3 is 5.73 Å². The molecule has 0 aliphatic heterocycles. The van der Waals surface area contributed by atoms with Crippen LogP contribution in [0.15, 0.2) is 27.8 Å². The Bertz CT molecular complexity index is 663. The maximum atomic E-state index is 12.2. The molecule has 0 aliphatic carbocycles. The summed E-state index contributed by atoms with van der Waals surface area (Å²) in [5.74, 6) is 0. The van der Waals surface area contributed by atoms with E-state index < -0.39 is 10.0 Å². The Morgan fingerprint density at radius 1 is 1.47 bits per heavy atom. The highest BCUT2D eigenvalue weighted by molar-refractivity contribution is 7.91. The van der Waals surface area contributed by atoms with Crippen LogP contribution in [0.5, 0.6) is 0 Å². The van der Waals surface area contributed by atoms with E-state index in [4.69, 9.17) is 17.3 Å². The zero-order valence-electron chi connectivity index (χ0n) is 10.1. The largest absolute Gasteiger partial charge is 0.326 e. The van der Waals surface area contributed by atoms with Gasteiger partial charge in [0.05, 0.1) is 10.4 Å². The van der Waals surface area contributed by atoms with E-state index in [1.165, 1.54) is 22.7 Å². The Balaban J connectivity index is 2.17. The van der Waals surface area contributed by atoms with Gasteiger partial charge in [0.25, 0.3) is 10.0 Å². The van der Waals surface area contributed by atoms with Crippen molar-refractivity contribution in [2.45, 2.75) is 23.7 Å². The van der Waals surface area contributed by atoms with Crippen LogP contribution in [0.2, 0.25) is 4.34 Å². The fourth-order valence-electron chi connectivity index (χ4n) is 1.51. The Kier molecular flexibility index (Phi) is 4.65. The minimum atomic E-state index is -3.51. The minimum absolute atomic E-state index is 0.280. The van der Waals surface area contributed by atoms with Gasteiger partial charge >= 0.3 is 0 Å². The van der Waals surface area contributed by atoms with E-state index >= 15 is 0 Å². The summed E-state index contributed by atoms with van der Waals surface area (Å²) in [6, 6.07) is 4.86. The SMILES string of the molecule is CC(NS(=O)(=O)c1cc(CN)cs1)c1ccc(Cl)s1. The van der Waals surface area contributed by atoms with Crippen molar-refractivity contribution in [3.05, 3.63) is 38.4 Å². The zero-order chi connectivity index (χ0) is 14.0. The fourth-order valence-corrected chi connectivity index (χ4v) is 5.11. The molecule has 0 radical (unpaired) electrons. The molecular formula is C11H13ClN2O2S3. The molecule has 0 aliphatic rings. The molecular weight excluding hydrogens is 324 g/mol. The summed E-state index contributed by atoms with van der Waals surface area (Å²) in [4.78, 5) is 0.879. The predicted octanol–water partition coefficient (Wildman–Crippen LogP) is 2.96. The third-order valence-corrected chi connectivity index (χ3v) is 6.93. The van der Waals surface area contributed by atoms with Crippen molar-refractivity contribution in [3.63, 3.8) is 0 Å². The third-order valence-electron chi connectivity index (χ3n) is 2.48. The molecule has 1 atom stereocenters. The number of sulfonamides is 1.